The molecule has 4 atom stereocenters. The normalized spacial score (nSPS) is 34.9. The first-order chi connectivity index (χ1) is 15.2. The number of aliphatic imine (C=N–C) groups is 1. The molecule has 3 aliphatic heterocycles. The average Bonchev–Trinajstić information content (AvgIpc) is 2.94. The van der Waals surface area contributed by atoms with Crippen molar-refractivity contribution in [1.29, 1.82) is 0 Å². The lowest BCUT2D eigenvalue weighted by molar-refractivity contribution is -0.163. The van der Waals surface area contributed by atoms with E-state index in [1.54, 1.807) is 18.7 Å². The van der Waals surface area contributed by atoms with Crippen molar-refractivity contribution in [2.75, 3.05) is 26.2 Å². The fraction of sp³-hybridized carbons (Fsp3) is 0.783. The maximum Gasteiger partial charge on any atom is 0.353 e. The van der Waals surface area contributed by atoms with Crippen LogP contribution in [0.1, 0.15) is 46.5 Å². The highest BCUT2D eigenvalue weighted by atomic mass is 32.2. The summed E-state index contributed by atoms with van der Waals surface area (Å²) in [7, 11) is 0. The van der Waals surface area contributed by atoms with Crippen molar-refractivity contribution >= 4 is 29.5 Å². The summed E-state index contributed by atoms with van der Waals surface area (Å²) in [6.45, 7) is 9.33. The Balaban J connectivity index is 1.27. The number of nitrogens with two attached hydrogens (primary N) is 1. The minimum absolute atomic E-state index is 0.0486. The number of aliphatic carboxylic acids is 1. The summed E-state index contributed by atoms with van der Waals surface area (Å²) >= 11 is 1.63. The number of amides is 1. The predicted octanol–water partition coefficient (Wildman–Crippen LogP) is 1.74. The SMILES string of the molecule is CC(N)=NCC1CCC(CN2CC(SC3=C(C(=O)O)N4C(=O)[C@H]([C@@H](C)O)[C@H]4[C@H]3C)C2)CC1. The number of carboxylic acid groups (broad SMARTS) is 1. The average molecular weight is 465 g/mol. The van der Waals surface area contributed by atoms with Crippen LogP contribution >= 0.6 is 11.8 Å². The van der Waals surface area contributed by atoms with E-state index in [9.17, 15) is 19.8 Å². The van der Waals surface area contributed by atoms with E-state index < -0.39 is 18.0 Å². The lowest BCUT2D eigenvalue weighted by Crippen LogP contribution is -2.63. The van der Waals surface area contributed by atoms with Crippen LogP contribution in [0, 0.1) is 23.7 Å². The summed E-state index contributed by atoms with van der Waals surface area (Å²) in [5, 5.41) is 20.1. The highest BCUT2D eigenvalue weighted by molar-refractivity contribution is 8.03. The molecule has 1 amide bonds. The van der Waals surface area contributed by atoms with Gasteiger partial charge in [-0.05, 0) is 51.4 Å². The first kappa shape index (κ1) is 23.6. The molecule has 3 fully saturated rings. The van der Waals surface area contributed by atoms with Gasteiger partial charge in [-0.15, -0.1) is 11.8 Å². The molecule has 0 radical (unpaired) electrons. The Morgan fingerprint density at radius 2 is 1.88 bits per heavy atom. The molecule has 0 aromatic heterocycles. The zero-order valence-electron chi connectivity index (χ0n) is 19.2. The molecule has 9 heteroatoms. The summed E-state index contributed by atoms with van der Waals surface area (Å²) in [6.07, 6.45) is 4.16. The van der Waals surface area contributed by atoms with Gasteiger partial charge >= 0.3 is 5.97 Å². The third-order valence-corrected chi connectivity index (χ3v) is 9.06. The second kappa shape index (κ2) is 9.35. The number of likely N-dealkylation sites (tertiary alicyclic amines) is 1. The lowest BCUT2D eigenvalue weighted by Gasteiger charge is -2.46. The largest absolute Gasteiger partial charge is 0.477 e. The first-order valence-corrected chi connectivity index (χ1v) is 12.7. The van der Waals surface area contributed by atoms with Crippen LogP contribution in [0.3, 0.4) is 0 Å². The van der Waals surface area contributed by atoms with Crippen LogP contribution in [0.4, 0.5) is 0 Å². The summed E-state index contributed by atoms with van der Waals surface area (Å²) < 4.78 is 0. The number of fused-ring (bicyclic) bond motifs is 1. The van der Waals surface area contributed by atoms with Gasteiger partial charge in [-0.3, -0.25) is 9.79 Å². The standard InChI is InChI=1S/C23H36N4O4S/c1-12-19-18(13(2)28)22(29)27(19)20(23(30)31)21(12)32-17-10-26(11-17)9-16-6-4-15(5-7-16)8-25-14(3)24/h12-13,15-19,28H,4-11H2,1-3H3,(H2,24,25)(H,30,31)/t12-,13-,15?,16?,18-,19-/m1/s1. The van der Waals surface area contributed by atoms with Gasteiger partial charge in [-0.1, -0.05) is 6.92 Å². The zero-order chi connectivity index (χ0) is 23.2. The van der Waals surface area contributed by atoms with Crippen LogP contribution in [0.2, 0.25) is 0 Å². The summed E-state index contributed by atoms with van der Waals surface area (Å²) in [4.78, 5) is 33.5. The van der Waals surface area contributed by atoms with Crippen LogP contribution in [0.5, 0.6) is 0 Å². The molecule has 3 heterocycles. The zero-order valence-corrected chi connectivity index (χ0v) is 20.1. The van der Waals surface area contributed by atoms with E-state index in [4.69, 9.17) is 5.73 Å². The first-order valence-electron chi connectivity index (χ1n) is 11.8. The van der Waals surface area contributed by atoms with Crippen LogP contribution in [-0.4, -0.2) is 81.3 Å². The number of aliphatic hydroxyl groups is 1. The molecule has 1 aliphatic carbocycles. The van der Waals surface area contributed by atoms with Crippen LogP contribution in [0.25, 0.3) is 0 Å². The molecule has 8 nitrogen and oxygen atoms in total. The van der Waals surface area contributed by atoms with Crippen molar-refractivity contribution in [2.45, 2.75) is 63.9 Å². The van der Waals surface area contributed by atoms with Crippen molar-refractivity contribution in [3.05, 3.63) is 10.6 Å². The Morgan fingerprint density at radius 3 is 2.44 bits per heavy atom. The predicted molar refractivity (Wildman–Crippen MR) is 125 cm³/mol. The lowest BCUT2D eigenvalue weighted by atomic mass is 9.79. The van der Waals surface area contributed by atoms with E-state index in [-0.39, 0.29) is 23.6 Å². The number of carboxylic acids is 1. The molecular weight excluding hydrogens is 428 g/mol. The Hall–Kier alpha value is -1.58. The Labute approximate surface area is 194 Å². The fourth-order valence-electron chi connectivity index (χ4n) is 5.84. The number of thioether (sulfide) groups is 1. The number of hydrogen-bond donors (Lipinski definition) is 3. The molecule has 0 unspecified atom stereocenters. The molecule has 4 aliphatic rings. The number of amidine groups is 1. The number of carbonyl (C=O) groups is 2. The molecule has 0 bridgehead atoms. The molecule has 2 saturated heterocycles. The van der Waals surface area contributed by atoms with Crippen molar-refractivity contribution < 1.29 is 19.8 Å². The van der Waals surface area contributed by atoms with Crippen LogP contribution < -0.4 is 5.73 Å². The van der Waals surface area contributed by atoms with Gasteiger partial charge in [0.05, 0.1) is 23.9 Å². The smallest absolute Gasteiger partial charge is 0.353 e. The van der Waals surface area contributed by atoms with Crippen molar-refractivity contribution in [3.8, 4) is 0 Å². The molecule has 32 heavy (non-hydrogen) atoms. The van der Waals surface area contributed by atoms with Gasteiger partial charge in [0, 0.05) is 42.3 Å². The number of aliphatic hydroxyl groups excluding tert-OH is 1. The molecule has 4 rings (SSSR count). The van der Waals surface area contributed by atoms with Crippen LogP contribution in [-0.2, 0) is 9.59 Å². The van der Waals surface area contributed by atoms with Gasteiger partial charge in [-0.2, -0.15) is 0 Å². The molecule has 0 aromatic rings. The van der Waals surface area contributed by atoms with Crippen molar-refractivity contribution in [3.63, 3.8) is 0 Å². The molecule has 178 valence electrons. The van der Waals surface area contributed by atoms with Crippen molar-refractivity contribution in [1.82, 2.24) is 9.80 Å². The quantitative estimate of drug-likeness (QED) is 0.284. The highest BCUT2D eigenvalue weighted by Crippen LogP contribution is 2.52. The van der Waals surface area contributed by atoms with Crippen molar-refractivity contribution in [2.24, 2.45) is 34.4 Å². The molecule has 4 N–H and O–H groups in total. The maximum absolute atomic E-state index is 12.5. The summed E-state index contributed by atoms with van der Waals surface area (Å²) in [6, 6.07) is -0.227. The van der Waals surface area contributed by atoms with Gasteiger partial charge in [0.15, 0.2) is 0 Å². The van der Waals surface area contributed by atoms with E-state index in [2.05, 4.69) is 9.89 Å². The summed E-state index contributed by atoms with van der Waals surface area (Å²) in [5.41, 5.74) is 5.79. The monoisotopic (exact) mass is 464 g/mol. The Morgan fingerprint density at radius 1 is 1.25 bits per heavy atom. The van der Waals surface area contributed by atoms with Gasteiger partial charge in [0.1, 0.15) is 5.70 Å². The van der Waals surface area contributed by atoms with Crippen LogP contribution in [0.15, 0.2) is 15.6 Å². The topological polar surface area (TPSA) is 119 Å². The number of nitrogens with zero attached hydrogens (tertiary/aromatic N) is 3. The van der Waals surface area contributed by atoms with Gasteiger partial charge in [0.25, 0.3) is 0 Å². The van der Waals surface area contributed by atoms with Gasteiger partial charge < -0.3 is 25.7 Å². The highest BCUT2D eigenvalue weighted by Gasteiger charge is 2.60. The number of rotatable bonds is 8. The van der Waals surface area contributed by atoms with E-state index in [1.165, 1.54) is 30.6 Å². The molecule has 0 aromatic carbocycles. The third-order valence-electron chi connectivity index (χ3n) is 7.61. The van der Waals surface area contributed by atoms with Gasteiger partial charge in [0.2, 0.25) is 5.91 Å². The van der Waals surface area contributed by atoms with Gasteiger partial charge in [-0.25, -0.2) is 4.79 Å². The van der Waals surface area contributed by atoms with E-state index in [1.807, 2.05) is 13.8 Å². The Bertz CT molecular complexity index is 811. The third kappa shape index (κ3) is 4.43. The maximum atomic E-state index is 12.5. The van der Waals surface area contributed by atoms with E-state index in [0.717, 1.165) is 37.0 Å². The summed E-state index contributed by atoms with van der Waals surface area (Å²) in [5.74, 6) is 0.213. The minimum Gasteiger partial charge on any atom is -0.477 e. The fourth-order valence-corrected chi connectivity index (χ4v) is 7.42. The Kier molecular flexibility index (Phi) is 6.89. The van der Waals surface area contributed by atoms with E-state index in [0.29, 0.717) is 17.0 Å². The number of hydrogen-bond acceptors (Lipinski definition) is 6. The number of β-lactam (4-membered cyclic amide) rings is 1. The van der Waals surface area contributed by atoms with E-state index >= 15 is 0 Å². The second-order valence-corrected chi connectivity index (χ2v) is 11.4. The number of carbonyl (C=O) groups excluding carboxylic acids is 1. The molecule has 1 saturated carbocycles. The minimum atomic E-state index is -1.04. The molecular formula is C23H36N4O4S. The second-order valence-electron chi connectivity index (χ2n) is 10.1. The molecule has 0 spiro atoms.